The first-order chi connectivity index (χ1) is 14.3. The van der Waals surface area contributed by atoms with E-state index >= 15 is 0 Å². The van der Waals surface area contributed by atoms with Gasteiger partial charge in [0.2, 0.25) is 10.0 Å². The molecule has 0 aliphatic carbocycles. The summed E-state index contributed by atoms with van der Waals surface area (Å²) < 4.78 is 30.6. The van der Waals surface area contributed by atoms with E-state index in [9.17, 15) is 8.42 Å². The molecule has 1 aromatic heterocycles. The smallest absolute Gasteiger partial charge is 0.243 e. The summed E-state index contributed by atoms with van der Waals surface area (Å²) >= 11 is 0. The molecule has 156 valence electrons. The standard InChI is InChI=1S/C24H27N3O2S/c1-17-7-9-22(19(3)15-17)30(28,29)26-13-10-24(11-14-26)23-5-4-12-27(23)21-8-6-18(2)16-20(21)25-24/h4-9,12,15-16,25H,10-11,13-14H2,1-3H3. The summed E-state index contributed by atoms with van der Waals surface area (Å²) in [5.41, 5.74) is 6.32. The molecule has 2 aliphatic rings. The molecule has 2 aliphatic heterocycles. The Balaban J connectivity index is 1.46. The van der Waals surface area contributed by atoms with Crippen LogP contribution >= 0.6 is 0 Å². The number of aromatic nitrogens is 1. The maximum Gasteiger partial charge on any atom is 0.243 e. The Morgan fingerprint density at radius 3 is 2.37 bits per heavy atom. The molecule has 1 N–H and O–H groups in total. The molecule has 1 saturated heterocycles. The van der Waals surface area contributed by atoms with Crippen molar-refractivity contribution in [3.05, 3.63) is 77.1 Å². The molecule has 3 heterocycles. The molecule has 0 amide bonds. The van der Waals surface area contributed by atoms with E-state index in [-0.39, 0.29) is 5.54 Å². The second kappa shape index (κ2) is 6.72. The third-order valence-electron chi connectivity index (χ3n) is 6.55. The Labute approximate surface area is 178 Å². The molecule has 1 fully saturated rings. The van der Waals surface area contributed by atoms with Gasteiger partial charge in [-0.3, -0.25) is 0 Å². The number of rotatable bonds is 2. The molecular formula is C24H27N3O2S. The largest absolute Gasteiger partial charge is 0.372 e. The Morgan fingerprint density at radius 1 is 0.933 bits per heavy atom. The minimum atomic E-state index is -3.50. The van der Waals surface area contributed by atoms with Crippen molar-refractivity contribution in [1.82, 2.24) is 8.87 Å². The van der Waals surface area contributed by atoms with Crippen LogP contribution in [0.5, 0.6) is 0 Å². The van der Waals surface area contributed by atoms with Crippen LogP contribution in [0.15, 0.2) is 59.6 Å². The fourth-order valence-corrected chi connectivity index (χ4v) is 6.63. The van der Waals surface area contributed by atoms with Crippen LogP contribution in [-0.2, 0) is 15.6 Å². The lowest BCUT2D eigenvalue weighted by molar-refractivity contribution is 0.247. The summed E-state index contributed by atoms with van der Waals surface area (Å²) in [5.74, 6) is 0. The maximum atomic E-state index is 13.3. The number of sulfonamides is 1. The van der Waals surface area contributed by atoms with Gasteiger partial charge in [-0.05, 0) is 75.1 Å². The van der Waals surface area contributed by atoms with Crippen LogP contribution in [0.4, 0.5) is 5.69 Å². The highest BCUT2D eigenvalue weighted by molar-refractivity contribution is 7.89. The lowest BCUT2D eigenvalue weighted by atomic mass is 9.83. The first-order valence-corrected chi connectivity index (χ1v) is 11.9. The fraction of sp³-hybridized carbons (Fsp3) is 0.333. The number of hydrogen-bond acceptors (Lipinski definition) is 3. The minimum Gasteiger partial charge on any atom is -0.372 e. The second-order valence-corrected chi connectivity index (χ2v) is 10.6. The summed E-state index contributed by atoms with van der Waals surface area (Å²) in [6.45, 7) is 6.94. The zero-order valence-electron chi connectivity index (χ0n) is 17.6. The van der Waals surface area contributed by atoms with Crippen molar-refractivity contribution in [2.24, 2.45) is 0 Å². The Bertz CT molecular complexity index is 1240. The molecule has 3 aromatic rings. The molecule has 0 bridgehead atoms. The van der Waals surface area contributed by atoms with E-state index in [1.807, 2.05) is 26.0 Å². The molecule has 5 nitrogen and oxygen atoms in total. The van der Waals surface area contributed by atoms with E-state index in [4.69, 9.17) is 0 Å². The van der Waals surface area contributed by atoms with Gasteiger partial charge < -0.3 is 9.88 Å². The molecule has 30 heavy (non-hydrogen) atoms. The van der Waals surface area contributed by atoms with Crippen LogP contribution in [0, 0.1) is 20.8 Å². The zero-order chi connectivity index (χ0) is 21.1. The number of anilines is 1. The highest BCUT2D eigenvalue weighted by atomic mass is 32.2. The van der Waals surface area contributed by atoms with Crippen molar-refractivity contribution in [2.45, 2.75) is 44.0 Å². The van der Waals surface area contributed by atoms with Crippen molar-refractivity contribution in [3.8, 4) is 5.69 Å². The fourth-order valence-electron chi connectivity index (χ4n) is 4.98. The third-order valence-corrected chi connectivity index (χ3v) is 8.61. The third kappa shape index (κ3) is 2.89. The molecule has 0 radical (unpaired) electrons. The monoisotopic (exact) mass is 421 g/mol. The van der Waals surface area contributed by atoms with E-state index < -0.39 is 10.0 Å². The molecular weight excluding hydrogens is 394 g/mol. The Morgan fingerprint density at radius 2 is 1.63 bits per heavy atom. The number of piperidine rings is 1. The lowest BCUT2D eigenvalue weighted by Gasteiger charge is -2.46. The van der Waals surface area contributed by atoms with E-state index in [1.54, 1.807) is 10.4 Å². The Kier molecular flexibility index (Phi) is 4.35. The number of hydrogen-bond donors (Lipinski definition) is 1. The first-order valence-electron chi connectivity index (χ1n) is 10.4. The quantitative estimate of drug-likeness (QED) is 0.662. The van der Waals surface area contributed by atoms with Crippen LogP contribution in [-0.4, -0.2) is 30.4 Å². The van der Waals surface area contributed by atoms with Crippen molar-refractivity contribution in [1.29, 1.82) is 0 Å². The van der Waals surface area contributed by atoms with Crippen LogP contribution in [0.1, 0.15) is 35.2 Å². The summed E-state index contributed by atoms with van der Waals surface area (Å²) in [4.78, 5) is 0.421. The van der Waals surface area contributed by atoms with Gasteiger partial charge in [-0.25, -0.2) is 8.42 Å². The number of fused-ring (bicyclic) bond motifs is 4. The summed E-state index contributed by atoms with van der Waals surface area (Å²) in [7, 11) is -3.50. The highest BCUT2D eigenvalue weighted by Crippen LogP contribution is 2.44. The summed E-state index contributed by atoms with van der Waals surface area (Å²) in [5, 5.41) is 3.78. The lowest BCUT2D eigenvalue weighted by Crippen LogP contribution is -2.51. The number of aryl methyl sites for hydroxylation is 3. The van der Waals surface area contributed by atoms with E-state index in [2.05, 4.69) is 53.3 Å². The van der Waals surface area contributed by atoms with Gasteiger partial charge in [0.1, 0.15) is 0 Å². The zero-order valence-corrected chi connectivity index (χ0v) is 18.5. The van der Waals surface area contributed by atoms with Gasteiger partial charge in [0.25, 0.3) is 0 Å². The molecule has 6 heteroatoms. The van der Waals surface area contributed by atoms with Gasteiger partial charge in [0, 0.05) is 25.0 Å². The summed E-state index contributed by atoms with van der Waals surface area (Å²) in [6.07, 6.45) is 3.56. The van der Waals surface area contributed by atoms with Gasteiger partial charge in [-0.2, -0.15) is 4.31 Å². The minimum absolute atomic E-state index is 0.251. The van der Waals surface area contributed by atoms with Crippen molar-refractivity contribution in [3.63, 3.8) is 0 Å². The maximum absolute atomic E-state index is 13.3. The topological polar surface area (TPSA) is 54.3 Å². The van der Waals surface area contributed by atoms with Gasteiger partial charge in [-0.1, -0.05) is 23.8 Å². The van der Waals surface area contributed by atoms with Crippen molar-refractivity contribution in [2.75, 3.05) is 18.4 Å². The molecule has 0 atom stereocenters. The van der Waals surface area contributed by atoms with Crippen molar-refractivity contribution < 1.29 is 8.42 Å². The van der Waals surface area contributed by atoms with Crippen molar-refractivity contribution >= 4 is 15.7 Å². The molecule has 1 spiro atoms. The molecule has 2 aromatic carbocycles. The summed E-state index contributed by atoms with van der Waals surface area (Å²) in [6, 6.07) is 16.2. The average molecular weight is 422 g/mol. The number of nitrogens with one attached hydrogen (secondary N) is 1. The van der Waals surface area contributed by atoms with Gasteiger partial charge in [-0.15, -0.1) is 0 Å². The molecule has 0 unspecified atom stereocenters. The first kappa shape index (κ1) is 19.4. The van der Waals surface area contributed by atoms with E-state index in [0.29, 0.717) is 18.0 Å². The van der Waals surface area contributed by atoms with Crippen LogP contribution < -0.4 is 5.32 Å². The Hall–Kier alpha value is -2.57. The second-order valence-electron chi connectivity index (χ2n) is 8.66. The SMILES string of the molecule is Cc1ccc(S(=O)(=O)N2CCC3(CC2)Nc2cc(C)ccc2-n2cccc23)c(C)c1. The van der Waals surface area contributed by atoms with Crippen LogP contribution in [0.25, 0.3) is 5.69 Å². The van der Waals surface area contributed by atoms with Gasteiger partial charge in [0.15, 0.2) is 0 Å². The molecule has 5 rings (SSSR count). The van der Waals surface area contributed by atoms with Gasteiger partial charge >= 0.3 is 0 Å². The molecule has 0 saturated carbocycles. The van der Waals surface area contributed by atoms with E-state index in [0.717, 1.165) is 35.3 Å². The van der Waals surface area contributed by atoms with Crippen LogP contribution in [0.2, 0.25) is 0 Å². The number of benzene rings is 2. The average Bonchev–Trinajstić information content (AvgIpc) is 3.19. The predicted octanol–water partition coefficient (Wildman–Crippen LogP) is 4.51. The van der Waals surface area contributed by atoms with E-state index in [1.165, 1.54) is 11.3 Å². The van der Waals surface area contributed by atoms with Crippen LogP contribution in [0.3, 0.4) is 0 Å². The van der Waals surface area contributed by atoms with Gasteiger partial charge in [0.05, 0.1) is 21.8 Å². The normalized spacial score (nSPS) is 18.0. The predicted molar refractivity (Wildman–Crippen MR) is 120 cm³/mol. The highest BCUT2D eigenvalue weighted by Gasteiger charge is 2.44. The number of nitrogens with zero attached hydrogens (tertiary/aromatic N) is 2.